The Hall–Kier alpha value is -3.02. The maximum Gasteiger partial charge on any atom is 0.336 e. The molecular weight excluding hydrogens is 300 g/mol. The SMILES string of the molecule is COc1cc(C(=O)O)c(-c2ccccc2C=O)c(OC)c1OC. The van der Waals surface area contributed by atoms with Gasteiger partial charge >= 0.3 is 5.97 Å². The summed E-state index contributed by atoms with van der Waals surface area (Å²) in [7, 11) is 4.23. The first kappa shape index (κ1) is 16.4. The van der Waals surface area contributed by atoms with E-state index >= 15 is 0 Å². The normalized spacial score (nSPS) is 10.0. The topological polar surface area (TPSA) is 82.1 Å². The molecule has 0 atom stereocenters. The van der Waals surface area contributed by atoms with Crippen molar-refractivity contribution in [2.24, 2.45) is 0 Å². The van der Waals surface area contributed by atoms with Crippen molar-refractivity contribution in [2.75, 3.05) is 21.3 Å². The summed E-state index contributed by atoms with van der Waals surface area (Å²) in [6.45, 7) is 0. The Balaban J connectivity index is 2.95. The van der Waals surface area contributed by atoms with Crippen LogP contribution in [0.5, 0.6) is 17.2 Å². The largest absolute Gasteiger partial charge is 0.493 e. The van der Waals surface area contributed by atoms with E-state index in [1.54, 1.807) is 24.3 Å². The summed E-state index contributed by atoms with van der Waals surface area (Å²) < 4.78 is 15.8. The summed E-state index contributed by atoms with van der Waals surface area (Å²) in [5, 5.41) is 9.55. The van der Waals surface area contributed by atoms with Gasteiger partial charge in [0.05, 0.1) is 26.9 Å². The van der Waals surface area contributed by atoms with E-state index in [4.69, 9.17) is 14.2 Å². The summed E-state index contributed by atoms with van der Waals surface area (Å²) in [4.78, 5) is 23.0. The summed E-state index contributed by atoms with van der Waals surface area (Å²) in [5.74, 6) is -0.483. The van der Waals surface area contributed by atoms with Gasteiger partial charge in [0.1, 0.15) is 0 Å². The van der Waals surface area contributed by atoms with Gasteiger partial charge in [0.15, 0.2) is 17.8 Å². The summed E-state index contributed by atoms with van der Waals surface area (Å²) in [6, 6.07) is 8.01. The Bertz CT molecular complexity index is 751. The van der Waals surface area contributed by atoms with Crippen LogP contribution in [0.1, 0.15) is 20.7 Å². The van der Waals surface area contributed by atoms with Gasteiger partial charge in [-0.25, -0.2) is 4.79 Å². The molecule has 6 heteroatoms. The van der Waals surface area contributed by atoms with Crippen molar-refractivity contribution in [3.63, 3.8) is 0 Å². The Kier molecular flexibility index (Phi) is 4.85. The maximum atomic E-state index is 11.7. The molecule has 6 nitrogen and oxygen atoms in total. The second-order valence-corrected chi connectivity index (χ2v) is 4.58. The summed E-state index contributed by atoms with van der Waals surface area (Å²) in [5.41, 5.74) is 1.01. The monoisotopic (exact) mass is 316 g/mol. The van der Waals surface area contributed by atoms with E-state index in [9.17, 15) is 14.7 Å². The number of hydrogen-bond acceptors (Lipinski definition) is 5. The highest BCUT2D eigenvalue weighted by Crippen LogP contribution is 2.47. The molecule has 0 aromatic heterocycles. The fourth-order valence-corrected chi connectivity index (χ4v) is 2.42. The molecule has 0 heterocycles. The lowest BCUT2D eigenvalue weighted by molar-refractivity contribution is 0.0696. The quantitative estimate of drug-likeness (QED) is 0.825. The molecule has 0 aliphatic carbocycles. The molecule has 0 saturated carbocycles. The third-order valence-electron chi connectivity index (χ3n) is 3.42. The van der Waals surface area contributed by atoms with E-state index in [1.807, 2.05) is 0 Å². The molecule has 2 aromatic rings. The van der Waals surface area contributed by atoms with Gasteiger partial charge in [-0.1, -0.05) is 24.3 Å². The minimum absolute atomic E-state index is 0.0474. The van der Waals surface area contributed by atoms with E-state index in [0.717, 1.165) is 0 Å². The number of hydrogen-bond donors (Lipinski definition) is 1. The van der Waals surface area contributed by atoms with Crippen LogP contribution in [0.3, 0.4) is 0 Å². The lowest BCUT2D eigenvalue weighted by atomic mass is 9.94. The third-order valence-corrected chi connectivity index (χ3v) is 3.42. The molecule has 0 amide bonds. The molecule has 2 aromatic carbocycles. The molecule has 0 fully saturated rings. The molecule has 120 valence electrons. The van der Waals surface area contributed by atoms with E-state index in [-0.39, 0.29) is 28.4 Å². The number of carbonyl (C=O) groups is 2. The lowest BCUT2D eigenvalue weighted by Crippen LogP contribution is -2.06. The van der Waals surface area contributed by atoms with Gasteiger partial charge in [0.2, 0.25) is 5.75 Å². The van der Waals surface area contributed by atoms with Gasteiger partial charge in [0.25, 0.3) is 0 Å². The fraction of sp³-hybridized carbons (Fsp3) is 0.176. The number of carboxylic acids is 1. The van der Waals surface area contributed by atoms with Gasteiger partial charge in [-0.3, -0.25) is 4.79 Å². The predicted molar refractivity (Wildman–Crippen MR) is 83.9 cm³/mol. The van der Waals surface area contributed by atoms with Crippen molar-refractivity contribution < 1.29 is 28.9 Å². The molecule has 0 aliphatic rings. The van der Waals surface area contributed by atoms with E-state index in [0.29, 0.717) is 17.4 Å². The van der Waals surface area contributed by atoms with Gasteiger partial charge in [-0.05, 0) is 11.6 Å². The Morgan fingerprint density at radius 2 is 1.70 bits per heavy atom. The average Bonchev–Trinajstić information content (AvgIpc) is 2.59. The number of carboxylic acid groups (broad SMARTS) is 1. The number of aromatic carboxylic acids is 1. The zero-order chi connectivity index (χ0) is 17.0. The van der Waals surface area contributed by atoms with Crippen LogP contribution in [0.2, 0.25) is 0 Å². The smallest absolute Gasteiger partial charge is 0.336 e. The Labute approximate surface area is 133 Å². The van der Waals surface area contributed by atoms with E-state index in [1.165, 1.54) is 27.4 Å². The number of methoxy groups -OCH3 is 3. The van der Waals surface area contributed by atoms with Gasteiger partial charge < -0.3 is 19.3 Å². The average molecular weight is 316 g/mol. The van der Waals surface area contributed by atoms with Crippen LogP contribution in [0.4, 0.5) is 0 Å². The number of ether oxygens (including phenoxy) is 3. The first-order valence-corrected chi connectivity index (χ1v) is 6.69. The molecule has 0 radical (unpaired) electrons. The highest BCUT2D eigenvalue weighted by atomic mass is 16.5. The third kappa shape index (κ3) is 2.83. The highest BCUT2D eigenvalue weighted by Gasteiger charge is 2.26. The van der Waals surface area contributed by atoms with Gasteiger partial charge in [-0.2, -0.15) is 0 Å². The molecule has 23 heavy (non-hydrogen) atoms. The van der Waals surface area contributed by atoms with Crippen molar-refractivity contribution in [2.45, 2.75) is 0 Å². The number of benzene rings is 2. The fourth-order valence-electron chi connectivity index (χ4n) is 2.42. The minimum atomic E-state index is -1.17. The van der Waals surface area contributed by atoms with Crippen molar-refractivity contribution in [1.29, 1.82) is 0 Å². The Morgan fingerprint density at radius 1 is 1.04 bits per heavy atom. The zero-order valence-electron chi connectivity index (χ0n) is 13.0. The maximum absolute atomic E-state index is 11.7. The predicted octanol–water partition coefficient (Wildman–Crippen LogP) is 2.89. The first-order chi connectivity index (χ1) is 11.1. The van der Waals surface area contributed by atoms with Gasteiger partial charge in [-0.15, -0.1) is 0 Å². The summed E-state index contributed by atoms with van der Waals surface area (Å²) >= 11 is 0. The van der Waals surface area contributed by atoms with Crippen LogP contribution in [0.15, 0.2) is 30.3 Å². The van der Waals surface area contributed by atoms with Crippen molar-refractivity contribution in [1.82, 2.24) is 0 Å². The van der Waals surface area contributed by atoms with Crippen LogP contribution in [-0.4, -0.2) is 38.7 Å². The first-order valence-electron chi connectivity index (χ1n) is 6.69. The number of aldehydes is 1. The van der Waals surface area contributed by atoms with Crippen LogP contribution in [0, 0.1) is 0 Å². The van der Waals surface area contributed by atoms with Crippen LogP contribution in [0.25, 0.3) is 11.1 Å². The molecule has 0 saturated heterocycles. The number of rotatable bonds is 6. The molecular formula is C17H16O6. The van der Waals surface area contributed by atoms with Gasteiger partial charge in [0, 0.05) is 11.1 Å². The number of carbonyl (C=O) groups excluding carboxylic acids is 1. The van der Waals surface area contributed by atoms with Crippen LogP contribution < -0.4 is 14.2 Å². The highest BCUT2D eigenvalue weighted by molar-refractivity contribution is 6.03. The van der Waals surface area contributed by atoms with Crippen LogP contribution in [-0.2, 0) is 0 Å². The lowest BCUT2D eigenvalue weighted by Gasteiger charge is -2.19. The zero-order valence-corrected chi connectivity index (χ0v) is 13.0. The molecule has 0 bridgehead atoms. The van der Waals surface area contributed by atoms with Crippen LogP contribution >= 0.6 is 0 Å². The standard InChI is InChI=1S/C17H16O6/c1-21-13-8-12(17(19)20)14(16(23-3)15(13)22-2)11-7-5-4-6-10(11)9-18/h4-9H,1-3H3,(H,19,20). The molecule has 0 aliphatic heterocycles. The molecule has 1 N–H and O–H groups in total. The van der Waals surface area contributed by atoms with Crippen molar-refractivity contribution in [3.8, 4) is 28.4 Å². The molecule has 0 spiro atoms. The van der Waals surface area contributed by atoms with Crippen molar-refractivity contribution in [3.05, 3.63) is 41.5 Å². The molecule has 2 rings (SSSR count). The van der Waals surface area contributed by atoms with E-state index in [2.05, 4.69) is 0 Å². The van der Waals surface area contributed by atoms with E-state index < -0.39 is 5.97 Å². The summed E-state index contributed by atoms with van der Waals surface area (Å²) in [6.07, 6.45) is 0.664. The minimum Gasteiger partial charge on any atom is -0.493 e. The molecule has 0 unspecified atom stereocenters. The second-order valence-electron chi connectivity index (χ2n) is 4.58. The van der Waals surface area contributed by atoms with Crippen molar-refractivity contribution >= 4 is 12.3 Å². The second kappa shape index (κ2) is 6.83. The Morgan fingerprint density at radius 3 is 2.22 bits per heavy atom.